The topological polar surface area (TPSA) is 74.8 Å². The number of aromatic amines is 1. The predicted molar refractivity (Wildman–Crippen MR) is 106 cm³/mol. The Hall–Kier alpha value is -2.86. The number of hydrogen-bond donors (Lipinski definition) is 2. The number of H-pyrrole nitrogens is 1. The molecule has 6 heteroatoms. The monoisotopic (exact) mass is 365 g/mol. The summed E-state index contributed by atoms with van der Waals surface area (Å²) < 4.78 is 0. The number of anilines is 1. The Morgan fingerprint density at radius 3 is 2.46 bits per heavy atom. The van der Waals surface area contributed by atoms with Crippen molar-refractivity contribution < 1.29 is 4.79 Å². The van der Waals surface area contributed by atoms with E-state index in [0.29, 0.717) is 10.9 Å². The van der Waals surface area contributed by atoms with E-state index in [1.54, 1.807) is 0 Å². The van der Waals surface area contributed by atoms with Crippen molar-refractivity contribution in [3.05, 3.63) is 76.1 Å². The number of para-hydroxylation sites is 1. The zero-order chi connectivity index (χ0) is 18.5. The van der Waals surface area contributed by atoms with Crippen LogP contribution in [0.1, 0.15) is 11.1 Å². The average Bonchev–Trinajstić information content (AvgIpc) is 2.63. The molecule has 0 unspecified atom stereocenters. The summed E-state index contributed by atoms with van der Waals surface area (Å²) in [4.78, 5) is 31.3. The molecule has 5 nitrogen and oxygen atoms in total. The van der Waals surface area contributed by atoms with Crippen molar-refractivity contribution in [1.82, 2.24) is 9.97 Å². The van der Waals surface area contributed by atoms with Crippen LogP contribution in [0, 0.1) is 13.8 Å². The minimum absolute atomic E-state index is 0.139. The standard InChI is InChI=1S/C20H19N3O2S/c1-13-7-6-8-14(2)19(13)22-18(25)12-26-20-21-16(11-17(24)23-20)15-9-4-3-5-10-15/h3-11H,12H2,1-2H3,(H,22,25)(H,21,23,24). The van der Waals surface area contributed by atoms with Gasteiger partial charge in [0.1, 0.15) is 0 Å². The molecule has 3 rings (SSSR count). The molecule has 0 saturated carbocycles. The van der Waals surface area contributed by atoms with E-state index in [9.17, 15) is 9.59 Å². The highest BCUT2D eigenvalue weighted by Gasteiger charge is 2.10. The molecule has 132 valence electrons. The van der Waals surface area contributed by atoms with Crippen molar-refractivity contribution in [2.24, 2.45) is 0 Å². The van der Waals surface area contributed by atoms with Gasteiger partial charge in [-0.15, -0.1) is 0 Å². The Balaban J connectivity index is 1.71. The zero-order valence-corrected chi connectivity index (χ0v) is 15.4. The number of aromatic nitrogens is 2. The van der Waals surface area contributed by atoms with Gasteiger partial charge in [0.2, 0.25) is 5.91 Å². The summed E-state index contributed by atoms with van der Waals surface area (Å²) in [6, 6.07) is 16.8. The Kier molecular flexibility index (Phi) is 5.53. The minimum Gasteiger partial charge on any atom is -0.325 e. The predicted octanol–water partition coefficient (Wildman–Crippen LogP) is 3.78. The maximum atomic E-state index is 12.3. The molecule has 26 heavy (non-hydrogen) atoms. The second kappa shape index (κ2) is 8.01. The summed E-state index contributed by atoms with van der Waals surface area (Å²) in [6.45, 7) is 3.91. The summed E-state index contributed by atoms with van der Waals surface area (Å²) in [5.74, 6) is 0.0229. The molecule has 0 aliphatic heterocycles. The number of rotatable bonds is 5. The van der Waals surface area contributed by atoms with E-state index in [2.05, 4.69) is 15.3 Å². The maximum Gasteiger partial charge on any atom is 0.252 e. The van der Waals surface area contributed by atoms with E-state index >= 15 is 0 Å². The summed E-state index contributed by atoms with van der Waals surface area (Å²) in [7, 11) is 0. The van der Waals surface area contributed by atoms with Crippen molar-refractivity contribution in [2.75, 3.05) is 11.1 Å². The van der Waals surface area contributed by atoms with E-state index in [1.165, 1.54) is 17.8 Å². The molecule has 1 heterocycles. The minimum atomic E-state index is -0.239. The van der Waals surface area contributed by atoms with E-state index < -0.39 is 0 Å². The molecular weight excluding hydrogens is 346 g/mol. The average molecular weight is 365 g/mol. The second-order valence-corrected chi connectivity index (χ2v) is 6.87. The Bertz CT molecular complexity index is 964. The highest BCUT2D eigenvalue weighted by molar-refractivity contribution is 7.99. The number of nitrogens with zero attached hydrogens (tertiary/aromatic N) is 1. The number of benzene rings is 2. The molecule has 0 aliphatic carbocycles. The van der Waals surface area contributed by atoms with Crippen LogP contribution in [0.2, 0.25) is 0 Å². The van der Waals surface area contributed by atoms with E-state index in [4.69, 9.17) is 0 Å². The lowest BCUT2D eigenvalue weighted by molar-refractivity contribution is -0.113. The summed E-state index contributed by atoms with van der Waals surface area (Å²) >= 11 is 1.20. The Morgan fingerprint density at radius 2 is 1.77 bits per heavy atom. The third-order valence-corrected chi connectivity index (χ3v) is 4.75. The molecule has 0 radical (unpaired) electrons. The molecule has 2 aromatic carbocycles. The maximum absolute atomic E-state index is 12.3. The summed E-state index contributed by atoms with van der Waals surface area (Å²) in [5.41, 5.74) is 4.07. The van der Waals surface area contributed by atoms with Crippen LogP contribution < -0.4 is 10.9 Å². The van der Waals surface area contributed by atoms with Gasteiger partial charge in [-0.1, -0.05) is 60.3 Å². The van der Waals surface area contributed by atoms with Gasteiger partial charge < -0.3 is 10.3 Å². The van der Waals surface area contributed by atoms with Crippen LogP contribution in [-0.2, 0) is 4.79 Å². The number of nitrogens with one attached hydrogen (secondary N) is 2. The van der Waals surface area contributed by atoms with Crippen LogP contribution in [-0.4, -0.2) is 21.6 Å². The fourth-order valence-corrected chi connectivity index (χ4v) is 3.26. The number of thioether (sulfide) groups is 1. The van der Waals surface area contributed by atoms with Gasteiger partial charge in [-0.05, 0) is 25.0 Å². The second-order valence-electron chi connectivity index (χ2n) is 5.91. The molecule has 2 N–H and O–H groups in total. The first-order chi connectivity index (χ1) is 12.5. The first-order valence-electron chi connectivity index (χ1n) is 8.18. The Morgan fingerprint density at radius 1 is 1.08 bits per heavy atom. The van der Waals surface area contributed by atoms with Crippen LogP contribution >= 0.6 is 11.8 Å². The molecule has 0 aliphatic rings. The molecule has 0 saturated heterocycles. The third-order valence-electron chi connectivity index (χ3n) is 3.88. The number of carbonyl (C=O) groups excluding carboxylic acids is 1. The SMILES string of the molecule is Cc1cccc(C)c1NC(=O)CSc1nc(-c2ccccc2)cc(=O)[nH]1. The molecule has 1 aromatic heterocycles. The highest BCUT2D eigenvalue weighted by Crippen LogP contribution is 2.21. The summed E-state index contributed by atoms with van der Waals surface area (Å²) in [6.07, 6.45) is 0. The normalized spacial score (nSPS) is 10.5. The first kappa shape index (κ1) is 17.9. The van der Waals surface area contributed by atoms with Gasteiger partial charge in [-0.25, -0.2) is 4.98 Å². The van der Waals surface area contributed by atoms with Crippen molar-refractivity contribution >= 4 is 23.4 Å². The third kappa shape index (κ3) is 4.40. The zero-order valence-electron chi connectivity index (χ0n) is 14.6. The lowest BCUT2D eigenvalue weighted by atomic mass is 10.1. The first-order valence-corrected chi connectivity index (χ1v) is 9.17. The fraction of sp³-hybridized carbons (Fsp3) is 0.150. The molecular formula is C20H19N3O2S. The van der Waals surface area contributed by atoms with E-state index in [0.717, 1.165) is 22.4 Å². The number of aryl methyl sites for hydroxylation is 2. The lowest BCUT2D eigenvalue weighted by Crippen LogP contribution is -2.16. The smallest absolute Gasteiger partial charge is 0.252 e. The number of amides is 1. The van der Waals surface area contributed by atoms with Crippen molar-refractivity contribution in [3.63, 3.8) is 0 Å². The number of carbonyl (C=O) groups is 1. The largest absolute Gasteiger partial charge is 0.325 e. The van der Waals surface area contributed by atoms with Crippen LogP contribution in [0.5, 0.6) is 0 Å². The van der Waals surface area contributed by atoms with Crippen LogP contribution in [0.25, 0.3) is 11.3 Å². The van der Waals surface area contributed by atoms with Crippen LogP contribution in [0.3, 0.4) is 0 Å². The molecule has 3 aromatic rings. The molecule has 1 amide bonds. The van der Waals surface area contributed by atoms with Crippen LogP contribution in [0.15, 0.2) is 64.5 Å². The number of hydrogen-bond acceptors (Lipinski definition) is 4. The van der Waals surface area contributed by atoms with Crippen molar-refractivity contribution in [3.8, 4) is 11.3 Å². The van der Waals surface area contributed by atoms with Gasteiger partial charge in [-0.3, -0.25) is 9.59 Å². The highest BCUT2D eigenvalue weighted by atomic mass is 32.2. The molecule has 0 bridgehead atoms. The van der Waals surface area contributed by atoms with E-state index in [-0.39, 0.29) is 17.2 Å². The van der Waals surface area contributed by atoms with Gasteiger partial charge >= 0.3 is 0 Å². The molecule has 0 atom stereocenters. The van der Waals surface area contributed by atoms with Crippen molar-refractivity contribution in [2.45, 2.75) is 19.0 Å². The van der Waals surface area contributed by atoms with Gasteiger partial charge in [0, 0.05) is 17.3 Å². The van der Waals surface area contributed by atoms with Crippen molar-refractivity contribution in [1.29, 1.82) is 0 Å². The lowest BCUT2D eigenvalue weighted by Gasteiger charge is -2.11. The fourth-order valence-electron chi connectivity index (χ4n) is 2.58. The quantitative estimate of drug-likeness (QED) is 0.533. The van der Waals surface area contributed by atoms with Gasteiger partial charge in [-0.2, -0.15) is 0 Å². The van der Waals surface area contributed by atoms with Gasteiger partial charge in [0.05, 0.1) is 11.4 Å². The van der Waals surface area contributed by atoms with Crippen LogP contribution in [0.4, 0.5) is 5.69 Å². The van der Waals surface area contributed by atoms with E-state index in [1.807, 2.05) is 62.4 Å². The summed E-state index contributed by atoms with van der Waals surface area (Å²) in [5, 5.41) is 3.35. The molecule has 0 fully saturated rings. The van der Waals surface area contributed by atoms with Gasteiger partial charge in [0.25, 0.3) is 5.56 Å². The Labute approximate surface area is 155 Å². The molecule has 0 spiro atoms. The van der Waals surface area contributed by atoms with Gasteiger partial charge in [0.15, 0.2) is 5.16 Å².